The maximum Gasteiger partial charge on any atom is 0.345 e. The summed E-state index contributed by atoms with van der Waals surface area (Å²) < 4.78 is 5.65. The minimum Gasteiger partial charge on any atom is -0.461 e. The largest absolute Gasteiger partial charge is 0.461 e. The number of hydrogen-bond donors (Lipinski definition) is 1. The van der Waals surface area contributed by atoms with Gasteiger partial charge in [0.25, 0.3) is 0 Å². The highest BCUT2D eigenvalue weighted by molar-refractivity contribution is 6.02. The first-order valence-electron chi connectivity index (χ1n) is 9.96. The Morgan fingerprint density at radius 3 is 2.07 bits per heavy atom. The van der Waals surface area contributed by atoms with Gasteiger partial charge in [-0.05, 0) is 46.9 Å². The predicted molar refractivity (Wildman–Crippen MR) is 112 cm³/mol. The Morgan fingerprint density at radius 2 is 1.52 bits per heavy atom. The molecule has 0 saturated carbocycles. The molecule has 5 heteroatoms. The molecule has 3 rings (SSSR count). The van der Waals surface area contributed by atoms with E-state index >= 15 is 0 Å². The molecule has 3 aromatic carbocycles. The van der Waals surface area contributed by atoms with Crippen LogP contribution in [0.2, 0.25) is 0 Å². The molecule has 0 aliphatic heterocycles. The average molecular weight is 394 g/mol. The van der Waals surface area contributed by atoms with Crippen molar-refractivity contribution in [2.45, 2.75) is 39.7 Å². The van der Waals surface area contributed by atoms with Crippen molar-refractivity contribution in [1.29, 1.82) is 0 Å². The smallest absolute Gasteiger partial charge is 0.345 e. The molecular formula is C24H26O5. The molecule has 5 nitrogen and oxygen atoms in total. The van der Waals surface area contributed by atoms with Crippen molar-refractivity contribution < 1.29 is 24.5 Å². The van der Waals surface area contributed by atoms with Crippen LogP contribution in [0.3, 0.4) is 0 Å². The van der Waals surface area contributed by atoms with Gasteiger partial charge in [-0.2, -0.15) is 5.26 Å². The Kier molecular flexibility index (Phi) is 6.83. The molecule has 0 aromatic heterocycles. The second-order valence-electron chi connectivity index (χ2n) is 7.40. The lowest BCUT2D eigenvalue weighted by atomic mass is 9.95. The highest BCUT2D eigenvalue weighted by Crippen LogP contribution is 2.29. The van der Waals surface area contributed by atoms with E-state index in [9.17, 15) is 9.59 Å². The molecule has 0 radical (unpaired) electrons. The summed E-state index contributed by atoms with van der Waals surface area (Å²) in [4.78, 5) is 27.9. The molecule has 2 atom stereocenters. The fourth-order valence-corrected chi connectivity index (χ4v) is 3.68. The summed E-state index contributed by atoms with van der Waals surface area (Å²) in [6.07, 6.45) is 1.50. The molecule has 0 bridgehead atoms. The molecule has 0 spiro atoms. The van der Waals surface area contributed by atoms with E-state index < -0.39 is 11.9 Å². The van der Waals surface area contributed by atoms with Gasteiger partial charge in [-0.15, -0.1) is 0 Å². The van der Waals surface area contributed by atoms with Gasteiger partial charge in [0.15, 0.2) is 0 Å². The van der Waals surface area contributed by atoms with Crippen LogP contribution >= 0.6 is 0 Å². The minimum absolute atomic E-state index is 0.195. The van der Waals surface area contributed by atoms with Crippen LogP contribution in [0.5, 0.6) is 0 Å². The highest BCUT2D eigenvalue weighted by Gasteiger charge is 2.22. The lowest BCUT2D eigenvalue weighted by molar-refractivity contribution is -0.239. The number of esters is 1. The van der Waals surface area contributed by atoms with Crippen molar-refractivity contribution in [2.75, 3.05) is 0 Å². The average Bonchev–Trinajstić information content (AvgIpc) is 2.76. The molecule has 0 aliphatic carbocycles. The number of fused-ring (bicyclic) bond motifs is 2. The third kappa shape index (κ3) is 4.74. The van der Waals surface area contributed by atoms with Gasteiger partial charge in [0.1, 0.15) is 6.61 Å². The van der Waals surface area contributed by atoms with Gasteiger partial charge >= 0.3 is 11.9 Å². The number of hydrogen-bond acceptors (Lipinski definition) is 5. The van der Waals surface area contributed by atoms with E-state index in [4.69, 9.17) is 9.99 Å². The van der Waals surface area contributed by atoms with Gasteiger partial charge < -0.3 is 9.62 Å². The van der Waals surface area contributed by atoms with Gasteiger partial charge in [0.2, 0.25) is 0 Å². The quantitative estimate of drug-likeness (QED) is 0.236. The number of carbonyl (C=O) groups is 2. The van der Waals surface area contributed by atoms with Crippen LogP contribution in [0.25, 0.3) is 21.5 Å². The van der Waals surface area contributed by atoms with Gasteiger partial charge in [0.05, 0.1) is 11.8 Å². The lowest BCUT2D eigenvalue weighted by Crippen LogP contribution is -2.20. The molecule has 152 valence electrons. The molecular weight excluding hydrogens is 368 g/mol. The van der Waals surface area contributed by atoms with E-state index in [2.05, 4.69) is 23.1 Å². The normalized spacial score (nSPS) is 13.2. The second kappa shape index (κ2) is 9.52. The maximum atomic E-state index is 12.5. The number of benzene rings is 3. The van der Waals surface area contributed by atoms with Crippen molar-refractivity contribution >= 4 is 33.5 Å². The molecule has 0 saturated heterocycles. The zero-order chi connectivity index (χ0) is 20.8. The zero-order valence-corrected chi connectivity index (χ0v) is 16.8. The summed E-state index contributed by atoms with van der Waals surface area (Å²) >= 11 is 0. The van der Waals surface area contributed by atoms with Crippen LogP contribution in [-0.2, 0) is 25.8 Å². The molecule has 0 heterocycles. The van der Waals surface area contributed by atoms with Crippen molar-refractivity contribution in [3.63, 3.8) is 0 Å². The van der Waals surface area contributed by atoms with Crippen molar-refractivity contribution in [3.05, 3.63) is 60.2 Å². The molecule has 0 fully saturated rings. The van der Waals surface area contributed by atoms with E-state index in [1.807, 2.05) is 43.3 Å². The Hall–Kier alpha value is -2.92. The van der Waals surface area contributed by atoms with Gasteiger partial charge in [-0.1, -0.05) is 62.4 Å². The molecule has 3 aromatic rings. The Bertz CT molecular complexity index is 956. The van der Waals surface area contributed by atoms with Crippen molar-refractivity contribution in [1.82, 2.24) is 0 Å². The molecule has 1 N–H and O–H groups in total. The molecule has 0 amide bonds. The van der Waals surface area contributed by atoms with Crippen LogP contribution < -0.4 is 0 Å². The number of ether oxygens (including phenoxy) is 1. The summed E-state index contributed by atoms with van der Waals surface area (Å²) in [5.41, 5.74) is 0.995. The second-order valence-corrected chi connectivity index (χ2v) is 7.40. The van der Waals surface area contributed by atoms with E-state index in [1.54, 1.807) is 6.92 Å². The summed E-state index contributed by atoms with van der Waals surface area (Å²) in [6.45, 7) is 3.83. The van der Waals surface area contributed by atoms with E-state index in [0.717, 1.165) is 27.1 Å². The lowest BCUT2D eigenvalue weighted by Gasteiger charge is -2.16. The van der Waals surface area contributed by atoms with Crippen LogP contribution in [0, 0.1) is 11.8 Å². The van der Waals surface area contributed by atoms with E-state index in [0.29, 0.717) is 19.3 Å². The van der Waals surface area contributed by atoms with Crippen molar-refractivity contribution in [2.24, 2.45) is 11.8 Å². The van der Waals surface area contributed by atoms with Crippen LogP contribution in [0.15, 0.2) is 54.6 Å². The first-order valence-corrected chi connectivity index (χ1v) is 9.96. The fourth-order valence-electron chi connectivity index (χ4n) is 3.68. The maximum absolute atomic E-state index is 12.5. The Balaban J connectivity index is 1.72. The summed E-state index contributed by atoms with van der Waals surface area (Å²) in [5, 5.41) is 12.9. The van der Waals surface area contributed by atoms with Crippen LogP contribution in [0.4, 0.5) is 0 Å². The monoisotopic (exact) mass is 394 g/mol. The number of carbonyl (C=O) groups excluding carboxylic acids is 2. The first kappa shape index (κ1) is 20.8. The van der Waals surface area contributed by atoms with Crippen LogP contribution in [-0.4, -0.2) is 17.2 Å². The Morgan fingerprint density at radius 1 is 0.931 bits per heavy atom. The SMILES string of the molecule is CCC(CCC(C)C(=O)OCc1c2ccccc2cc2ccccc12)C(=O)OO. The van der Waals surface area contributed by atoms with Crippen LogP contribution in [0.1, 0.15) is 38.7 Å². The van der Waals surface area contributed by atoms with Crippen molar-refractivity contribution in [3.8, 4) is 0 Å². The van der Waals surface area contributed by atoms with E-state index in [-0.39, 0.29) is 18.5 Å². The zero-order valence-electron chi connectivity index (χ0n) is 16.8. The summed E-state index contributed by atoms with van der Waals surface area (Å²) in [6, 6.07) is 18.3. The summed E-state index contributed by atoms with van der Waals surface area (Å²) in [7, 11) is 0. The fraction of sp³-hybridized carbons (Fsp3) is 0.333. The van der Waals surface area contributed by atoms with Gasteiger partial charge in [-0.3, -0.25) is 4.79 Å². The highest BCUT2D eigenvalue weighted by atomic mass is 17.1. The molecule has 2 unspecified atom stereocenters. The van der Waals surface area contributed by atoms with Gasteiger partial charge in [-0.25, -0.2) is 4.79 Å². The minimum atomic E-state index is -0.657. The summed E-state index contributed by atoms with van der Waals surface area (Å²) in [5.74, 6) is -1.72. The van der Waals surface area contributed by atoms with Gasteiger partial charge in [0, 0.05) is 5.56 Å². The first-order chi connectivity index (χ1) is 14.0. The molecule has 0 aliphatic rings. The predicted octanol–water partition coefficient (Wildman–Crippen LogP) is 5.49. The van der Waals surface area contributed by atoms with E-state index in [1.165, 1.54) is 0 Å². The third-order valence-corrected chi connectivity index (χ3v) is 5.51. The topological polar surface area (TPSA) is 72.8 Å². The molecule has 29 heavy (non-hydrogen) atoms. The Labute approximate surface area is 170 Å². The number of rotatable bonds is 8. The third-order valence-electron chi connectivity index (χ3n) is 5.51. The standard InChI is InChI=1S/C24H26O5/c1-3-17(24(26)29-27)13-12-16(2)23(25)28-15-22-20-10-6-4-8-18(20)14-19-9-5-7-11-21(19)22/h4-11,14,16-17,27H,3,12-13,15H2,1-2H3.